The molecule has 0 aliphatic rings. The van der Waals surface area contributed by atoms with Gasteiger partial charge < -0.3 is 0 Å². The van der Waals surface area contributed by atoms with Crippen LogP contribution in [0.2, 0.25) is 0 Å². The van der Waals surface area contributed by atoms with Gasteiger partial charge in [0.15, 0.2) is 0 Å². The molecule has 0 aromatic heterocycles. The highest BCUT2D eigenvalue weighted by Gasteiger charge is 1.77. The lowest BCUT2D eigenvalue weighted by Crippen LogP contribution is -1.97. The van der Waals surface area contributed by atoms with Crippen molar-refractivity contribution in [1.82, 2.24) is 4.42 Å². The van der Waals surface area contributed by atoms with Crippen molar-refractivity contribution in [2.75, 3.05) is 11.6 Å². The Labute approximate surface area is 50.5 Å². The van der Waals surface area contributed by atoms with E-state index in [1.54, 1.807) is 4.42 Å². The van der Waals surface area contributed by atoms with Gasteiger partial charge in [-0.3, -0.25) is 0 Å². The Morgan fingerprint density at radius 2 is 2.20 bits per heavy atom. The van der Waals surface area contributed by atoms with Crippen molar-refractivity contribution >= 4 is 34.4 Å². The molecule has 0 rings (SSSR count). The molecule has 0 N–H and O–H groups in total. The Morgan fingerprint density at radius 1 is 2.00 bits per heavy atom. The molecule has 0 heterocycles. The molecule has 0 unspecified atom stereocenters. The Hall–Kier alpha value is 0.980. The van der Waals surface area contributed by atoms with Crippen LogP contribution in [-0.2, 0) is 0 Å². The molecule has 0 saturated heterocycles. The van der Waals surface area contributed by atoms with Crippen molar-refractivity contribution in [2.24, 2.45) is 0 Å². The summed E-state index contributed by atoms with van der Waals surface area (Å²) < 4.78 is 2.46. The molecule has 0 spiro atoms. The molecule has 32 valence electrons. The molecule has 3 heteroatoms. The van der Waals surface area contributed by atoms with Crippen LogP contribution in [0.3, 0.4) is 0 Å². The number of halogens is 2. The van der Waals surface area contributed by atoms with Crippen LogP contribution in [0.25, 0.3) is 0 Å². The summed E-state index contributed by atoms with van der Waals surface area (Å²) in [6, 6.07) is 0. The molecule has 0 atom stereocenters. The fourth-order valence-electron chi connectivity index (χ4n) is 0. The number of alkyl halides is 1. The Morgan fingerprint density at radius 3 is 2.20 bits per heavy atom. The zero-order chi connectivity index (χ0) is 4.28. The summed E-state index contributed by atoms with van der Waals surface area (Å²) in [7, 11) is 1.81. The smallest absolute Gasteiger partial charge is 0.0654 e. The van der Waals surface area contributed by atoms with Gasteiger partial charge in [0.05, 0.1) is 4.55 Å². The normalized spacial score (nSPS) is 9.60. The monoisotopic (exact) mass is 205 g/mol. The van der Waals surface area contributed by atoms with E-state index in [2.05, 4.69) is 22.6 Å². The third kappa shape index (κ3) is 4.98. The molecule has 0 aliphatic heterocycles. The van der Waals surface area contributed by atoms with E-state index in [0.717, 1.165) is 4.55 Å². The highest BCUT2D eigenvalue weighted by Crippen LogP contribution is 1.90. The first-order valence-electron chi connectivity index (χ1n) is 1.20. The maximum Gasteiger partial charge on any atom is 0.0654 e. The van der Waals surface area contributed by atoms with Crippen LogP contribution in [0.15, 0.2) is 0 Å². The van der Waals surface area contributed by atoms with Gasteiger partial charge >= 0.3 is 0 Å². The molecule has 0 aromatic rings. The van der Waals surface area contributed by atoms with E-state index >= 15 is 0 Å². The Bertz CT molecular complexity index is 23.6. The van der Waals surface area contributed by atoms with Crippen LogP contribution in [0.1, 0.15) is 0 Å². The zero-order valence-electron chi connectivity index (χ0n) is 2.91. The van der Waals surface area contributed by atoms with E-state index in [0.29, 0.717) is 0 Å². The summed E-state index contributed by atoms with van der Waals surface area (Å²) in [5.74, 6) is 0. The topological polar surface area (TPSA) is 3.24 Å². The van der Waals surface area contributed by atoms with Crippen LogP contribution in [-0.4, -0.2) is 16.0 Å². The lowest BCUT2D eigenvalue weighted by atomic mass is 11.3. The fourth-order valence-corrected chi connectivity index (χ4v) is 0. The maximum absolute atomic E-state index is 5.29. The van der Waals surface area contributed by atoms with Gasteiger partial charge in [-0.1, -0.05) is 22.6 Å². The molecule has 0 bridgehead atoms. The lowest BCUT2D eigenvalue weighted by molar-refractivity contribution is 0.669. The third-order valence-corrected chi connectivity index (χ3v) is 1.71. The molecule has 0 radical (unpaired) electrons. The third-order valence-electron chi connectivity index (χ3n) is 0.165. The van der Waals surface area contributed by atoms with Gasteiger partial charge in [-0.15, -0.1) is 0 Å². The van der Waals surface area contributed by atoms with Crippen LogP contribution >= 0.6 is 34.4 Å². The second-order valence-corrected chi connectivity index (χ2v) is 1.98. The average Bonchev–Trinajstić information content (AvgIpc) is 1.38. The van der Waals surface area contributed by atoms with Gasteiger partial charge in [0.25, 0.3) is 0 Å². The van der Waals surface area contributed by atoms with E-state index < -0.39 is 0 Å². The minimum atomic E-state index is 0.874. The number of rotatable bonds is 1. The number of hydrogen-bond donors (Lipinski definition) is 0. The van der Waals surface area contributed by atoms with Crippen molar-refractivity contribution in [3.63, 3.8) is 0 Å². The van der Waals surface area contributed by atoms with Gasteiger partial charge in [0.1, 0.15) is 0 Å². The number of nitrogens with zero attached hydrogens (tertiary/aromatic N) is 1. The maximum atomic E-state index is 5.29. The van der Waals surface area contributed by atoms with E-state index in [4.69, 9.17) is 11.8 Å². The highest BCUT2D eigenvalue weighted by atomic mass is 127. The molecule has 1 nitrogen and oxygen atoms in total. The molecule has 0 amide bonds. The minimum absolute atomic E-state index is 0.874. The first-order valence-corrected chi connectivity index (χ1v) is 3.06. The molecule has 0 fully saturated rings. The lowest BCUT2D eigenvalue weighted by Gasteiger charge is -1.93. The second kappa shape index (κ2) is 3.18. The average molecular weight is 205 g/mol. The van der Waals surface area contributed by atoms with E-state index in [-0.39, 0.29) is 0 Å². The summed E-state index contributed by atoms with van der Waals surface area (Å²) in [4.78, 5) is 0. The minimum Gasteiger partial charge on any atom is -0.213 e. The van der Waals surface area contributed by atoms with E-state index in [1.165, 1.54) is 0 Å². The quantitative estimate of drug-likeness (QED) is 0.271. The van der Waals surface area contributed by atoms with Gasteiger partial charge in [-0.2, -0.15) is 0 Å². The van der Waals surface area contributed by atoms with E-state index in [1.807, 2.05) is 7.05 Å². The summed E-state index contributed by atoms with van der Waals surface area (Å²) in [5.41, 5.74) is 0. The number of hydrogen-bond acceptors (Lipinski definition) is 1. The molecule has 5 heavy (non-hydrogen) atoms. The van der Waals surface area contributed by atoms with Crippen LogP contribution in [0.5, 0.6) is 0 Å². The standard InChI is InChI=1S/C2H5ClIN/c1-5(3)2-4/h2H2,1H3. The van der Waals surface area contributed by atoms with Crippen molar-refractivity contribution < 1.29 is 0 Å². The van der Waals surface area contributed by atoms with Crippen molar-refractivity contribution in [2.45, 2.75) is 0 Å². The van der Waals surface area contributed by atoms with Gasteiger partial charge in [0, 0.05) is 7.05 Å². The molecule has 0 aliphatic carbocycles. The Kier molecular flexibility index (Phi) is 3.80. The summed E-state index contributed by atoms with van der Waals surface area (Å²) in [6.45, 7) is 0. The van der Waals surface area contributed by atoms with Gasteiger partial charge in [-0.05, 0) is 11.8 Å². The van der Waals surface area contributed by atoms with Crippen LogP contribution in [0, 0.1) is 0 Å². The van der Waals surface area contributed by atoms with Gasteiger partial charge in [-0.25, -0.2) is 4.42 Å². The summed E-state index contributed by atoms with van der Waals surface area (Å²) in [5, 5.41) is 0. The predicted octanol–water partition coefficient (Wildman–Crippen LogP) is 1.46. The van der Waals surface area contributed by atoms with Crippen molar-refractivity contribution in [1.29, 1.82) is 0 Å². The molecular formula is C2H5ClIN. The summed E-state index contributed by atoms with van der Waals surface area (Å²) in [6.07, 6.45) is 0. The first-order chi connectivity index (χ1) is 2.27. The van der Waals surface area contributed by atoms with Crippen LogP contribution < -0.4 is 0 Å². The fraction of sp³-hybridized carbons (Fsp3) is 1.00. The largest absolute Gasteiger partial charge is 0.213 e. The van der Waals surface area contributed by atoms with E-state index in [9.17, 15) is 0 Å². The highest BCUT2D eigenvalue weighted by molar-refractivity contribution is 14.1. The predicted molar refractivity (Wildman–Crippen MR) is 32.5 cm³/mol. The van der Waals surface area contributed by atoms with Crippen molar-refractivity contribution in [3.8, 4) is 0 Å². The van der Waals surface area contributed by atoms with Crippen LogP contribution in [0.4, 0.5) is 0 Å². The zero-order valence-corrected chi connectivity index (χ0v) is 5.82. The molecule has 0 aromatic carbocycles. The Balaban J connectivity index is 2.54. The SMILES string of the molecule is CN(Cl)CI. The molecular weight excluding hydrogens is 200 g/mol. The second-order valence-electron chi connectivity index (χ2n) is 0.724. The van der Waals surface area contributed by atoms with Gasteiger partial charge in [0.2, 0.25) is 0 Å². The molecule has 0 saturated carbocycles. The first kappa shape index (κ1) is 5.98. The van der Waals surface area contributed by atoms with Crippen molar-refractivity contribution in [3.05, 3.63) is 0 Å². The summed E-state index contributed by atoms with van der Waals surface area (Å²) >= 11 is 7.46.